The van der Waals surface area contributed by atoms with Gasteiger partial charge in [0.25, 0.3) is 0 Å². The number of nitrogens with two attached hydrogens (primary N) is 1. The van der Waals surface area contributed by atoms with E-state index in [0.29, 0.717) is 0 Å². The van der Waals surface area contributed by atoms with E-state index >= 15 is 0 Å². The SMILES string of the molecule is CCCC(C)NS(=O)(=O)c1ccc(C(C)N)cc1. The summed E-state index contributed by atoms with van der Waals surface area (Å²) in [6, 6.07) is 6.56. The summed E-state index contributed by atoms with van der Waals surface area (Å²) >= 11 is 0. The summed E-state index contributed by atoms with van der Waals surface area (Å²) in [5.74, 6) is 0. The van der Waals surface area contributed by atoms with Gasteiger partial charge in [-0.2, -0.15) is 0 Å². The van der Waals surface area contributed by atoms with E-state index in [4.69, 9.17) is 5.73 Å². The molecule has 0 aliphatic carbocycles. The molecule has 0 heterocycles. The smallest absolute Gasteiger partial charge is 0.240 e. The van der Waals surface area contributed by atoms with Crippen molar-refractivity contribution in [1.29, 1.82) is 0 Å². The van der Waals surface area contributed by atoms with Crippen molar-refractivity contribution in [2.24, 2.45) is 5.73 Å². The van der Waals surface area contributed by atoms with Crippen LogP contribution >= 0.6 is 0 Å². The predicted molar refractivity (Wildman–Crippen MR) is 73.7 cm³/mol. The molecule has 0 aliphatic heterocycles. The van der Waals surface area contributed by atoms with Crippen LogP contribution in [0.15, 0.2) is 29.2 Å². The molecule has 1 aromatic rings. The number of rotatable bonds is 6. The van der Waals surface area contributed by atoms with Gasteiger partial charge in [0.1, 0.15) is 0 Å². The first-order valence-corrected chi connectivity index (χ1v) is 7.73. The third-order valence-corrected chi connectivity index (χ3v) is 4.40. The Hall–Kier alpha value is -0.910. The van der Waals surface area contributed by atoms with Crippen molar-refractivity contribution in [3.63, 3.8) is 0 Å². The van der Waals surface area contributed by atoms with Gasteiger partial charge in [-0.3, -0.25) is 0 Å². The van der Waals surface area contributed by atoms with E-state index in [1.54, 1.807) is 24.3 Å². The molecule has 102 valence electrons. The van der Waals surface area contributed by atoms with Crippen molar-refractivity contribution < 1.29 is 8.42 Å². The number of hydrogen-bond acceptors (Lipinski definition) is 3. The highest BCUT2D eigenvalue weighted by atomic mass is 32.2. The van der Waals surface area contributed by atoms with Crippen LogP contribution in [-0.4, -0.2) is 14.5 Å². The van der Waals surface area contributed by atoms with E-state index < -0.39 is 10.0 Å². The lowest BCUT2D eigenvalue weighted by molar-refractivity contribution is 0.544. The first kappa shape index (κ1) is 15.1. The average Bonchev–Trinajstić information content (AvgIpc) is 2.28. The third kappa shape index (κ3) is 4.08. The summed E-state index contributed by atoms with van der Waals surface area (Å²) in [6.45, 7) is 5.77. The molecule has 0 aromatic heterocycles. The number of nitrogens with one attached hydrogen (secondary N) is 1. The molecule has 0 amide bonds. The Kier molecular flexibility index (Phi) is 5.31. The molecular formula is C13H22N2O2S. The molecule has 0 aliphatic rings. The zero-order chi connectivity index (χ0) is 13.8. The Morgan fingerprint density at radius 3 is 2.22 bits per heavy atom. The summed E-state index contributed by atoms with van der Waals surface area (Å²) in [7, 11) is -3.41. The Bertz CT molecular complexity index is 466. The summed E-state index contributed by atoms with van der Waals surface area (Å²) in [5, 5.41) is 0. The molecule has 0 spiro atoms. The number of hydrogen-bond donors (Lipinski definition) is 2. The van der Waals surface area contributed by atoms with Crippen LogP contribution in [0.25, 0.3) is 0 Å². The van der Waals surface area contributed by atoms with E-state index in [0.717, 1.165) is 18.4 Å². The van der Waals surface area contributed by atoms with E-state index in [9.17, 15) is 8.42 Å². The highest BCUT2D eigenvalue weighted by Crippen LogP contribution is 2.15. The minimum atomic E-state index is -3.41. The van der Waals surface area contributed by atoms with E-state index in [2.05, 4.69) is 4.72 Å². The van der Waals surface area contributed by atoms with Gasteiger partial charge in [0, 0.05) is 12.1 Å². The van der Waals surface area contributed by atoms with Crippen LogP contribution in [0.3, 0.4) is 0 Å². The lowest BCUT2D eigenvalue weighted by Crippen LogP contribution is -2.32. The molecule has 2 unspecified atom stereocenters. The summed E-state index contributed by atoms with van der Waals surface area (Å²) in [5.41, 5.74) is 6.65. The van der Waals surface area contributed by atoms with Gasteiger partial charge in [-0.1, -0.05) is 25.5 Å². The highest BCUT2D eigenvalue weighted by Gasteiger charge is 2.16. The second-order valence-corrected chi connectivity index (χ2v) is 6.38. The molecule has 0 saturated carbocycles. The molecule has 0 saturated heterocycles. The summed E-state index contributed by atoms with van der Waals surface area (Å²) in [6.07, 6.45) is 1.78. The molecule has 0 radical (unpaired) electrons. The van der Waals surface area contributed by atoms with Gasteiger partial charge in [-0.15, -0.1) is 0 Å². The van der Waals surface area contributed by atoms with E-state index in [-0.39, 0.29) is 17.0 Å². The van der Waals surface area contributed by atoms with Crippen molar-refractivity contribution in [3.05, 3.63) is 29.8 Å². The van der Waals surface area contributed by atoms with Crippen molar-refractivity contribution >= 4 is 10.0 Å². The predicted octanol–water partition coefficient (Wildman–Crippen LogP) is 2.17. The van der Waals surface area contributed by atoms with Crippen LogP contribution in [0, 0.1) is 0 Å². The van der Waals surface area contributed by atoms with Crippen molar-refractivity contribution in [2.75, 3.05) is 0 Å². The molecule has 1 rings (SSSR count). The lowest BCUT2D eigenvalue weighted by atomic mass is 10.1. The Morgan fingerprint density at radius 1 is 1.22 bits per heavy atom. The first-order chi connectivity index (χ1) is 8.36. The topological polar surface area (TPSA) is 72.2 Å². The highest BCUT2D eigenvalue weighted by molar-refractivity contribution is 7.89. The molecule has 18 heavy (non-hydrogen) atoms. The zero-order valence-corrected chi connectivity index (χ0v) is 12.0. The maximum absolute atomic E-state index is 12.1. The van der Waals surface area contributed by atoms with E-state index in [1.165, 1.54) is 0 Å². The van der Waals surface area contributed by atoms with Crippen molar-refractivity contribution in [2.45, 2.75) is 50.6 Å². The Labute approximate surface area is 110 Å². The monoisotopic (exact) mass is 270 g/mol. The normalized spacial score (nSPS) is 15.3. The van der Waals surface area contributed by atoms with Gasteiger partial charge in [-0.05, 0) is 38.0 Å². The van der Waals surface area contributed by atoms with Crippen molar-refractivity contribution in [3.8, 4) is 0 Å². The van der Waals surface area contributed by atoms with Crippen LogP contribution in [0.2, 0.25) is 0 Å². The van der Waals surface area contributed by atoms with Gasteiger partial charge in [-0.25, -0.2) is 13.1 Å². The lowest BCUT2D eigenvalue weighted by Gasteiger charge is -2.14. The van der Waals surface area contributed by atoms with Crippen LogP contribution in [0.4, 0.5) is 0 Å². The fraction of sp³-hybridized carbons (Fsp3) is 0.538. The van der Waals surface area contributed by atoms with Crippen LogP contribution in [-0.2, 0) is 10.0 Å². The number of sulfonamides is 1. The molecule has 2 atom stereocenters. The Morgan fingerprint density at radius 2 is 1.78 bits per heavy atom. The maximum atomic E-state index is 12.1. The molecule has 0 bridgehead atoms. The second kappa shape index (κ2) is 6.31. The molecule has 1 aromatic carbocycles. The van der Waals surface area contributed by atoms with E-state index in [1.807, 2.05) is 20.8 Å². The van der Waals surface area contributed by atoms with Gasteiger partial charge >= 0.3 is 0 Å². The Balaban J connectivity index is 2.85. The van der Waals surface area contributed by atoms with Crippen molar-refractivity contribution in [1.82, 2.24) is 4.72 Å². The van der Waals surface area contributed by atoms with Crippen LogP contribution in [0.1, 0.15) is 45.2 Å². The van der Waals surface area contributed by atoms with Gasteiger partial charge in [0.2, 0.25) is 10.0 Å². The zero-order valence-electron chi connectivity index (χ0n) is 11.2. The molecule has 4 nitrogen and oxygen atoms in total. The standard InChI is InChI=1S/C13H22N2O2S/c1-4-5-10(2)15-18(16,17)13-8-6-12(7-9-13)11(3)14/h6-11,15H,4-5,14H2,1-3H3. The number of benzene rings is 1. The minimum Gasteiger partial charge on any atom is -0.324 e. The fourth-order valence-electron chi connectivity index (χ4n) is 1.78. The minimum absolute atomic E-state index is 0.0480. The quantitative estimate of drug-likeness (QED) is 0.832. The fourth-order valence-corrected chi connectivity index (χ4v) is 3.05. The molecular weight excluding hydrogens is 248 g/mol. The molecule has 5 heteroatoms. The second-order valence-electron chi connectivity index (χ2n) is 4.67. The van der Waals surface area contributed by atoms with Crippen LogP contribution in [0.5, 0.6) is 0 Å². The van der Waals surface area contributed by atoms with Gasteiger partial charge in [0.05, 0.1) is 4.90 Å². The molecule has 3 N–H and O–H groups in total. The average molecular weight is 270 g/mol. The summed E-state index contributed by atoms with van der Waals surface area (Å²) < 4.78 is 26.8. The maximum Gasteiger partial charge on any atom is 0.240 e. The van der Waals surface area contributed by atoms with Gasteiger partial charge < -0.3 is 5.73 Å². The largest absolute Gasteiger partial charge is 0.324 e. The van der Waals surface area contributed by atoms with Gasteiger partial charge in [0.15, 0.2) is 0 Å². The first-order valence-electron chi connectivity index (χ1n) is 6.24. The summed E-state index contributed by atoms with van der Waals surface area (Å²) in [4.78, 5) is 0.287. The van der Waals surface area contributed by atoms with Crippen LogP contribution < -0.4 is 10.5 Å². The molecule has 0 fully saturated rings. The third-order valence-electron chi connectivity index (χ3n) is 2.79.